The fraction of sp³-hybridized carbons (Fsp3) is 0.436. The van der Waals surface area contributed by atoms with Gasteiger partial charge in [0.25, 0.3) is 5.91 Å². The van der Waals surface area contributed by atoms with Gasteiger partial charge in [-0.15, -0.1) is 0 Å². The highest BCUT2D eigenvalue weighted by Crippen LogP contribution is 2.41. The van der Waals surface area contributed by atoms with E-state index in [4.69, 9.17) is 21.1 Å². The summed E-state index contributed by atoms with van der Waals surface area (Å²) in [4.78, 5) is 29.2. The van der Waals surface area contributed by atoms with E-state index in [2.05, 4.69) is 14.9 Å². The number of ether oxygens (including phenoxy) is 2. The van der Waals surface area contributed by atoms with E-state index < -0.39 is 33.2 Å². The number of halogens is 1. The van der Waals surface area contributed by atoms with Crippen LogP contribution in [0.25, 0.3) is 0 Å². The Labute approximate surface area is 305 Å². The number of hydrogen-bond donors (Lipinski definition) is 3. The number of fused-ring (bicyclic) bond motifs is 3. The van der Waals surface area contributed by atoms with Crippen molar-refractivity contribution in [2.45, 2.75) is 76.3 Å². The standard InChI is InChI=1S/C39H46ClN3O7S/c1-25-10-15-31(49-2)21-34(25)41-38(45)22-32-8-3-4-9-36(44)33-16-12-28(33)23-43-18-6-5-7-26-19-30(40)14-11-29(26)24-50-37-17-13-27(20-35(37)43)39(46)42-51(32,47)48/h4,9-11,13-15,17,19-21,28,32-33,36,44H,3,5-8,12,16,18,22-24H2,1-2H3,(H,41,45)(H,42,46)/b9-4+/t28-,32?,33+,36-/m0/s1. The Bertz CT molecular complexity index is 1900. The molecule has 2 aliphatic heterocycles. The molecule has 1 unspecified atom stereocenters. The summed E-state index contributed by atoms with van der Waals surface area (Å²) in [5.41, 5.74) is 4.34. The second-order valence-corrected chi connectivity index (χ2v) is 16.2. The Hall–Kier alpha value is -4.06. The Morgan fingerprint density at radius 1 is 1.08 bits per heavy atom. The minimum atomic E-state index is -4.32. The molecule has 12 heteroatoms. The zero-order chi connectivity index (χ0) is 36.1. The molecule has 3 aliphatic rings. The van der Waals surface area contributed by atoms with Crippen LogP contribution in [0, 0.1) is 18.8 Å². The number of carbonyl (C=O) groups excluding carboxylic acids is 2. The lowest BCUT2D eigenvalue weighted by atomic mass is 9.70. The van der Waals surface area contributed by atoms with Crippen molar-refractivity contribution in [2.24, 2.45) is 11.8 Å². The summed E-state index contributed by atoms with van der Waals surface area (Å²) in [5, 5.41) is 13.5. The Kier molecular flexibility index (Phi) is 11.6. The third-order valence-corrected chi connectivity index (χ3v) is 12.4. The molecule has 1 saturated carbocycles. The molecule has 4 atom stereocenters. The highest BCUT2D eigenvalue weighted by atomic mass is 35.5. The van der Waals surface area contributed by atoms with Gasteiger partial charge in [0, 0.05) is 41.9 Å². The molecule has 2 bridgehead atoms. The average molecular weight is 736 g/mol. The molecule has 3 N–H and O–H groups in total. The van der Waals surface area contributed by atoms with Crippen molar-refractivity contribution < 1.29 is 32.6 Å². The molecule has 1 aliphatic carbocycles. The summed E-state index contributed by atoms with van der Waals surface area (Å²) >= 11 is 6.33. The van der Waals surface area contributed by atoms with Crippen molar-refractivity contribution in [1.82, 2.24) is 4.72 Å². The van der Waals surface area contributed by atoms with Crippen LogP contribution in [0.15, 0.2) is 66.7 Å². The lowest BCUT2D eigenvalue weighted by molar-refractivity contribution is -0.116. The maximum absolute atomic E-state index is 13.8. The van der Waals surface area contributed by atoms with Crippen molar-refractivity contribution in [1.29, 1.82) is 0 Å². The lowest BCUT2D eigenvalue weighted by Crippen LogP contribution is -2.43. The normalized spacial score (nSPS) is 24.2. The van der Waals surface area contributed by atoms with Crippen LogP contribution in [0.2, 0.25) is 5.02 Å². The number of carbonyl (C=O) groups is 2. The van der Waals surface area contributed by atoms with E-state index in [0.29, 0.717) is 54.0 Å². The first kappa shape index (κ1) is 36.7. The van der Waals surface area contributed by atoms with E-state index in [1.54, 1.807) is 48.6 Å². The molecule has 2 amide bonds. The van der Waals surface area contributed by atoms with E-state index in [0.717, 1.165) is 48.8 Å². The molecular formula is C39H46ClN3O7S. The first-order valence-electron chi connectivity index (χ1n) is 17.6. The maximum atomic E-state index is 13.8. The number of anilines is 2. The number of nitrogens with one attached hydrogen (secondary N) is 2. The molecular weight excluding hydrogens is 690 g/mol. The topological polar surface area (TPSA) is 134 Å². The molecule has 51 heavy (non-hydrogen) atoms. The van der Waals surface area contributed by atoms with Gasteiger partial charge >= 0.3 is 0 Å². The number of rotatable bonds is 4. The van der Waals surface area contributed by atoms with E-state index in [1.807, 2.05) is 25.1 Å². The highest BCUT2D eigenvalue weighted by Gasteiger charge is 2.37. The number of amides is 2. The Balaban J connectivity index is 1.31. The van der Waals surface area contributed by atoms with Crippen LogP contribution in [0.1, 0.15) is 72.0 Å². The van der Waals surface area contributed by atoms with Gasteiger partial charge in [-0.1, -0.05) is 35.9 Å². The highest BCUT2D eigenvalue weighted by molar-refractivity contribution is 7.90. The molecule has 272 valence electrons. The first-order chi connectivity index (χ1) is 24.5. The predicted molar refractivity (Wildman–Crippen MR) is 199 cm³/mol. The van der Waals surface area contributed by atoms with E-state index in [1.165, 1.54) is 7.11 Å². The second-order valence-electron chi connectivity index (χ2n) is 13.8. The minimum Gasteiger partial charge on any atom is -0.497 e. The number of aryl methyl sites for hydroxylation is 2. The first-order valence-corrected chi connectivity index (χ1v) is 19.6. The molecule has 2 heterocycles. The van der Waals surface area contributed by atoms with Gasteiger partial charge < -0.3 is 24.8 Å². The van der Waals surface area contributed by atoms with Crippen LogP contribution in [0.4, 0.5) is 11.4 Å². The molecule has 3 aromatic carbocycles. The zero-order valence-corrected chi connectivity index (χ0v) is 30.6. The summed E-state index contributed by atoms with van der Waals surface area (Å²) in [5.74, 6) is 0.116. The largest absolute Gasteiger partial charge is 0.497 e. The van der Waals surface area contributed by atoms with E-state index in [9.17, 15) is 23.1 Å². The van der Waals surface area contributed by atoms with Gasteiger partial charge in [0.05, 0.1) is 24.2 Å². The van der Waals surface area contributed by atoms with Gasteiger partial charge in [0.2, 0.25) is 15.9 Å². The lowest BCUT2D eigenvalue weighted by Gasteiger charge is -2.42. The fourth-order valence-corrected chi connectivity index (χ4v) is 8.76. The molecule has 10 nitrogen and oxygen atoms in total. The van der Waals surface area contributed by atoms with Gasteiger partial charge in [-0.05, 0) is 117 Å². The number of methoxy groups -OCH3 is 1. The molecule has 0 saturated heterocycles. The minimum absolute atomic E-state index is 0.0472. The van der Waals surface area contributed by atoms with Gasteiger partial charge in [-0.3, -0.25) is 9.59 Å². The summed E-state index contributed by atoms with van der Waals surface area (Å²) in [6.45, 7) is 3.49. The summed E-state index contributed by atoms with van der Waals surface area (Å²) in [6.07, 6.45) is 7.33. The Morgan fingerprint density at radius 2 is 1.92 bits per heavy atom. The summed E-state index contributed by atoms with van der Waals surface area (Å²) in [6, 6.07) is 16.1. The SMILES string of the molecule is COc1ccc(C)c(NC(=O)CC2CC/C=C/[C@H](O)[C@@H]3CC[C@H]3CN3CCCCc4cc(Cl)ccc4COc4ccc(cc43)C(=O)NS2(=O)=O)c1. The number of aliphatic hydroxyl groups excluding tert-OH is 1. The average Bonchev–Trinajstić information content (AvgIpc) is 3.11. The van der Waals surface area contributed by atoms with Crippen LogP contribution < -0.4 is 24.4 Å². The molecule has 3 aromatic rings. The van der Waals surface area contributed by atoms with Crippen molar-refractivity contribution in [3.8, 4) is 11.5 Å². The molecule has 6 rings (SSSR count). The third kappa shape index (κ3) is 8.88. The quantitative estimate of drug-likeness (QED) is 0.256. The van der Waals surface area contributed by atoms with E-state index in [-0.39, 0.29) is 30.2 Å². The number of sulfonamides is 1. The summed E-state index contributed by atoms with van der Waals surface area (Å²) < 4.78 is 41.6. The van der Waals surface area contributed by atoms with Crippen molar-refractivity contribution in [3.05, 3.63) is 94.0 Å². The number of hydrogen-bond acceptors (Lipinski definition) is 8. The van der Waals surface area contributed by atoms with Gasteiger partial charge in [0.1, 0.15) is 18.1 Å². The van der Waals surface area contributed by atoms with Crippen LogP contribution in [0.5, 0.6) is 11.5 Å². The number of allylic oxidation sites excluding steroid dienone is 1. The molecule has 0 spiro atoms. The summed E-state index contributed by atoms with van der Waals surface area (Å²) in [7, 11) is -2.79. The second kappa shape index (κ2) is 16.1. The number of aliphatic hydroxyl groups is 1. The van der Waals surface area contributed by atoms with Crippen LogP contribution in [0.3, 0.4) is 0 Å². The number of nitrogens with zero attached hydrogens (tertiary/aromatic N) is 1. The Morgan fingerprint density at radius 3 is 2.71 bits per heavy atom. The van der Waals surface area contributed by atoms with Crippen molar-refractivity contribution in [2.75, 3.05) is 30.4 Å². The van der Waals surface area contributed by atoms with Crippen LogP contribution in [-0.2, 0) is 27.8 Å². The van der Waals surface area contributed by atoms with E-state index >= 15 is 0 Å². The van der Waals surface area contributed by atoms with Gasteiger partial charge in [-0.2, -0.15) is 0 Å². The molecule has 0 radical (unpaired) electrons. The maximum Gasteiger partial charge on any atom is 0.264 e. The predicted octanol–water partition coefficient (Wildman–Crippen LogP) is 6.57. The zero-order valence-electron chi connectivity index (χ0n) is 29.1. The van der Waals surface area contributed by atoms with Crippen molar-refractivity contribution in [3.63, 3.8) is 0 Å². The van der Waals surface area contributed by atoms with Crippen LogP contribution in [-0.4, -0.2) is 56.9 Å². The third-order valence-electron chi connectivity index (χ3n) is 10.4. The van der Waals surface area contributed by atoms with Gasteiger partial charge in [-0.25, -0.2) is 13.1 Å². The van der Waals surface area contributed by atoms with Gasteiger partial charge in [0.15, 0.2) is 0 Å². The van der Waals surface area contributed by atoms with Crippen molar-refractivity contribution >= 4 is 44.8 Å². The number of benzene rings is 3. The van der Waals surface area contributed by atoms with Crippen LogP contribution >= 0.6 is 11.6 Å². The molecule has 0 aromatic heterocycles. The smallest absolute Gasteiger partial charge is 0.264 e. The monoisotopic (exact) mass is 735 g/mol. The molecule has 1 fully saturated rings. The fourth-order valence-electron chi connectivity index (χ4n) is 7.20.